The van der Waals surface area contributed by atoms with Crippen molar-refractivity contribution in [2.75, 3.05) is 18.1 Å². The van der Waals surface area contributed by atoms with E-state index in [-0.39, 0.29) is 18.4 Å². The molecule has 18 heavy (non-hydrogen) atoms. The standard InChI is InChI=1S/C11H11BrN4O2/c12-8-1-2-9-13-11(14-16(9)5-8)15-4-7(6-17)3-10(15)18/h1-2,5,7,17H,3-4,6H2. The zero-order chi connectivity index (χ0) is 12.7. The largest absolute Gasteiger partial charge is 0.396 e. The number of carbonyl (C=O) groups excluding carboxylic acids is 1. The lowest BCUT2D eigenvalue weighted by Crippen LogP contribution is -2.26. The SMILES string of the molecule is O=C1CC(CO)CN1c1nc2ccc(Br)cn2n1. The molecule has 1 aliphatic heterocycles. The first-order valence-corrected chi connectivity index (χ1v) is 6.40. The number of halogens is 1. The molecule has 0 bridgehead atoms. The van der Waals surface area contributed by atoms with Crippen LogP contribution in [-0.4, -0.2) is 38.8 Å². The average molecular weight is 311 g/mol. The number of amides is 1. The minimum absolute atomic E-state index is 0.0150. The summed E-state index contributed by atoms with van der Waals surface area (Å²) in [6, 6.07) is 3.70. The Labute approximate surface area is 111 Å². The second-order valence-corrected chi connectivity index (χ2v) is 5.23. The molecule has 0 spiro atoms. The fourth-order valence-electron chi connectivity index (χ4n) is 2.06. The van der Waals surface area contributed by atoms with E-state index < -0.39 is 0 Å². The Hall–Kier alpha value is -1.47. The van der Waals surface area contributed by atoms with Crippen LogP contribution in [0, 0.1) is 5.92 Å². The molecule has 94 valence electrons. The predicted octanol–water partition coefficient (Wildman–Crippen LogP) is 0.837. The molecule has 1 saturated heterocycles. The van der Waals surface area contributed by atoms with Crippen molar-refractivity contribution < 1.29 is 9.90 Å². The summed E-state index contributed by atoms with van der Waals surface area (Å²) in [4.78, 5) is 17.6. The van der Waals surface area contributed by atoms with Gasteiger partial charge in [0.25, 0.3) is 5.95 Å². The second kappa shape index (κ2) is 4.33. The van der Waals surface area contributed by atoms with Gasteiger partial charge in [0.15, 0.2) is 5.65 Å². The molecule has 0 radical (unpaired) electrons. The van der Waals surface area contributed by atoms with Crippen molar-refractivity contribution in [1.82, 2.24) is 14.6 Å². The first kappa shape index (κ1) is 11.6. The van der Waals surface area contributed by atoms with Crippen LogP contribution in [0.15, 0.2) is 22.8 Å². The fraction of sp³-hybridized carbons (Fsp3) is 0.364. The van der Waals surface area contributed by atoms with Crippen LogP contribution in [-0.2, 0) is 4.79 Å². The highest BCUT2D eigenvalue weighted by atomic mass is 79.9. The maximum Gasteiger partial charge on any atom is 0.252 e. The summed E-state index contributed by atoms with van der Waals surface area (Å²) < 4.78 is 2.52. The Balaban J connectivity index is 1.97. The van der Waals surface area contributed by atoms with Gasteiger partial charge in [0.1, 0.15) is 0 Å². The molecule has 2 aromatic rings. The summed E-state index contributed by atoms with van der Waals surface area (Å²) in [6.07, 6.45) is 2.14. The molecule has 3 heterocycles. The molecule has 7 heteroatoms. The van der Waals surface area contributed by atoms with E-state index in [1.54, 1.807) is 10.7 Å². The quantitative estimate of drug-likeness (QED) is 0.892. The molecule has 1 amide bonds. The normalized spacial score (nSPS) is 20.0. The third kappa shape index (κ3) is 1.89. The minimum Gasteiger partial charge on any atom is -0.396 e. The Morgan fingerprint density at radius 1 is 1.50 bits per heavy atom. The lowest BCUT2D eigenvalue weighted by atomic mass is 10.1. The van der Waals surface area contributed by atoms with Gasteiger partial charge in [0, 0.05) is 36.2 Å². The maximum absolute atomic E-state index is 11.8. The van der Waals surface area contributed by atoms with Gasteiger partial charge < -0.3 is 5.11 Å². The molecule has 1 N–H and O–H groups in total. The van der Waals surface area contributed by atoms with Crippen LogP contribution in [0.4, 0.5) is 5.95 Å². The van der Waals surface area contributed by atoms with Crippen LogP contribution in [0.3, 0.4) is 0 Å². The number of fused-ring (bicyclic) bond motifs is 1. The molecule has 1 fully saturated rings. The predicted molar refractivity (Wildman–Crippen MR) is 68.2 cm³/mol. The third-order valence-electron chi connectivity index (χ3n) is 2.99. The molecule has 0 aromatic carbocycles. The van der Waals surface area contributed by atoms with E-state index in [9.17, 15) is 4.79 Å². The fourth-order valence-corrected chi connectivity index (χ4v) is 2.38. The summed E-state index contributed by atoms with van der Waals surface area (Å²) in [6.45, 7) is 0.495. The summed E-state index contributed by atoms with van der Waals surface area (Å²) in [5.41, 5.74) is 0.688. The number of anilines is 1. The molecule has 2 aromatic heterocycles. The van der Waals surface area contributed by atoms with Crippen LogP contribution in [0.2, 0.25) is 0 Å². The summed E-state index contributed by atoms with van der Waals surface area (Å²) >= 11 is 3.36. The van der Waals surface area contributed by atoms with Crippen molar-refractivity contribution in [3.63, 3.8) is 0 Å². The van der Waals surface area contributed by atoms with Crippen molar-refractivity contribution in [3.05, 3.63) is 22.8 Å². The van der Waals surface area contributed by atoms with Gasteiger partial charge in [-0.25, -0.2) is 4.52 Å². The highest BCUT2D eigenvalue weighted by Gasteiger charge is 2.32. The van der Waals surface area contributed by atoms with Crippen molar-refractivity contribution in [2.24, 2.45) is 5.92 Å². The first-order valence-electron chi connectivity index (χ1n) is 5.60. The van der Waals surface area contributed by atoms with E-state index in [1.807, 2.05) is 12.1 Å². The summed E-state index contributed by atoms with van der Waals surface area (Å²) in [5, 5.41) is 13.4. The summed E-state index contributed by atoms with van der Waals surface area (Å²) in [7, 11) is 0. The van der Waals surface area contributed by atoms with Gasteiger partial charge in [0.2, 0.25) is 5.91 Å². The second-order valence-electron chi connectivity index (χ2n) is 4.32. The van der Waals surface area contributed by atoms with Crippen LogP contribution in [0.25, 0.3) is 5.65 Å². The Kier molecular flexibility index (Phi) is 2.79. The smallest absolute Gasteiger partial charge is 0.252 e. The van der Waals surface area contributed by atoms with Gasteiger partial charge in [-0.05, 0) is 28.1 Å². The van der Waals surface area contributed by atoms with E-state index in [2.05, 4.69) is 26.0 Å². The highest BCUT2D eigenvalue weighted by molar-refractivity contribution is 9.10. The number of rotatable bonds is 2. The van der Waals surface area contributed by atoms with Crippen LogP contribution >= 0.6 is 15.9 Å². The number of hydrogen-bond acceptors (Lipinski definition) is 4. The van der Waals surface area contributed by atoms with Crippen LogP contribution in [0.1, 0.15) is 6.42 Å². The minimum atomic E-state index is -0.0379. The molecule has 6 nitrogen and oxygen atoms in total. The highest BCUT2D eigenvalue weighted by Crippen LogP contribution is 2.23. The molecule has 3 rings (SSSR count). The molecule has 0 aliphatic carbocycles. The molecule has 1 unspecified atom stereocenters. The van der Waals surface area contributed by atoms with E-state index >= 15 is 0 Å². The van der Waals surface area contributed by atoms with Crippen molar-refractivity contribution in [1.29, 1.82) is 0 Å². The number of aliphatic hydroxyl groups excluding tert-OH is 1. The lowest BCUT2D eigenvalue weighted by molar-refractivity contribution is -0.117. The molecule has 1 atom stereocenters. The molecule has 1 aliphatic rings. The van der Waals surface area contributed by atoms with E-state index in [0.29, 0.717) is 24.6 Å². The maximum atomic E-state index is 11.8. The number of pyridine rings is 1. The topological polar surface area (TPSA) is 70.7 Å². The Morgan fingerprint density at radius 2 is 2.33 bits per heavy atom. The Morgan fingerprint density at radius 3 is 3.06 bits per heavy atom. The van der Waals surface area contributed by atoms with Crippen molar-refractivity contribution in [3.8, 4) is 0 Å². The van der Waals surface area contributed by atoms with Crippen LogP contribution in [0.5, 0.6) is 0 Å². The van der Waals surface area contributed by atoms with Gasteiger partial charge in [-0.1, -0.05) is 0 Å². The zero-order valence-corrected chi connectivity index (χ0v) is 11.0. The number of nitrogens with zero attached hydrogens (tertiary/aromatic N) is 4. The molecule has 0 saturated carbocycles. The lowest BCUT2D eigenvalue weighted by Gasteiger charge is -2.10. The number of hydrogen-bond donors (Lipinski definition) is 1. The summed E-state index contributed by atoms with van der Waals surface area (Å²) in [5.74, 6) is 0.342. The van der Waals surface area contributed by atoms with E-state index in [1.165, 1.54) is 4.90 Å². The van der Waals surface area contributed by atoms with Gasteiger partial charge in [-0.3, -0.25) is 9.69 Å². The van der Waals surface area contributed by atoms with Gasteiger partial charge in [-0.15, -0.1) is 5.10 Å². The number of aliphatic hydroxyl groups is 1. The zero-order valence-electron chi connectivity index (χ0n) is 9.45. The van der Waals surface area contributed by atoms with Crippen molar-refractivity contribution >= 4 is 33.4 Å². The van der Waals surface area contributed by atoms with Gasteiger partial charge in [-0.2, -0.15) is 4.98 Å². The number of aromatic nitrogens is 3. The number of carbonyl (C=O) groups is 1. The Bertz CT molecular complexity index is 612. The van der Waals surface area contributed by atoms with E-state index in [0.717, 1.165) is 4.47 Å². The van der Waals surface area contributed by atoms with Gasteiger partial charge >= 0.3 is 0 Å². The molecular weight excluding hydrogens is 300 g/mol. The van der Waals surface area contributed by atoms with Crippen molar-refractivity contribution in [2.45, 2.75) is 6.42 Å². The third-order valence-corrected chi connectivity index (χ3v) is 3.46. The van der Waals surface area contributed by atoms with E-state index in [4.69, 9.17) is 5.11 Å². The average Bonchev–Trinajstić information content (AvgIpc) is 2.91. The first-order chi connectivity index (χ1) is 8.67. The molecular formula is C11H11BrN4O2. The van der Waals surface area contributed by atoms with Gasteiger partial charge in [0.05, 0.1) is 0 Å². The monoisotopic (exact) mass is 310 g/mol. The van der Waals surface area contributed by atoms with Crippen LogP contribution < -0.4 is 4.90 Å².